The molecule has 0 radical (unpaired) electrons. The maximum absolute atomic E-state index is 9.42. The largest absolute Gasteiger partial charge is 0.395 e. The van der Waals surface area contributed by atoms with Crippen molar-refractivity contribution in [1.82, 2.24) is 20.3 Å². The van der Waals surface area contributed by atoms with Crippen LogP contribution in [0.5, 0.6) is 0 Å². The Morgan fingerprint density at radius 2 is 1.74 bits per heavy atom. The third kappa shape index (κ3) is 4.87. The molecule has 2 aromatic carbocycles. The second-order valence-corrected chi connectivity index (χ2v) is 7.07. The quantitative estimate of drug-likeness (QED) is 0.591. The summed E-state index contributed by atoms with van der Waals surface area (Å²) < 4.78 is 0. The summed E-state index contributed by atoms with van der Waals surface area (Å²) in [6, 6.07) is 15.4. The molecule has 1 heterocycles. The molecule has 27 heavy (non-hydrogen) atoms. The average Bonchev–Trinajstić information content (AvgIpc) is 3.09. The van der Waals surface area contributed by atoms with Crippen LogP contribution in [0.25, 0.3) is 11.3 Å². The third-order valence-electron chi connectivity index (χ3n) is 4.40. The molecule has 0 spiro atoms. The molecule has 2 N–H and O–H groups in total. The van der Waals surface area contributed by atoms with Crippen molar-refractivity contribution in [2.24, 2.45) is 0 Å². The Balaban J connectivity index is 1.92. The lowest BCUT2D eigenvalue weighted by atomic mass is 10.1. The van der Waals surface area contributed by atoms with E-state index >= 15 is 0 Å². The standard InChI is InChI=1S/C20H22Cl2N4O/c1-2-15(13-27)23-11-19-20(14-7-4-3-5-8-14)25-26(24-19)12-16-17(21)9-6-10-18(16)22/h3-10,15,23,27H,2,11-13H2,1H3/t15-/m0/s1. The molecule has 0 aliphatic carbocycles. The SMILES string of the molecule is CC[C@@H](CO)NCc1nn(Cc2c(Cl)cccc2Cl)nc1-c1ccccc1. The fraction of sp³-hybridized carbons (Fsp3) is 0.300. The van der Waals surface area contributed by atoms with Gasteiger partial charge >= 0.3 is 0 Å². The molecule has 0 aliphatic heterocycles. The highest BCUT2D eigenvalue weighted by Crippen LogP contribution is 2.26. The molecule has 142 valence electrons. The van der Waals surface area contributed by atoms with Gasteiger partial charge in [0, 0.05) is 33.8 Å². The summed E-state index contributed by atoms with van der Waals surface area (Å²) in [5, 5.41) is 23.2. The van der Waals surface area contributed by atoms with Crippen LogP contribution >= 0.6 is 23.2 Å². The van der Waals surface area contributed by atoms with Crippen molar-refractivity contribution >= 4 is 23.2 Å². The Morgan fingerprint density at radius 3 is 2.37 bits per heavy atom. The van der Waals surface area contributed by atoms with Gasteiger partial charge in [-0.15, -0.1) is 0 Å². The van der Waals surface area contributed by atoms with Gasteiger partial charge in [-0.2, -0.15) is 15.0 Å². The van der Waals surface area contributed by atoms with Gasteiger partial charge in [-0.1, -0.05) is 66.5 Å². The van der Waals surface area contributed by atoms with Gasteiger partial charge in [-0.25, -0.2) is 0 Å². The first kappa shape index (κ1) is 19.8. The molecule has 0 amide bonds. The van der Waals surface area contributed by atoms with Crippen LogP contribution < -0.4 is 5.32 Å². The number of aliphatic hydroxyl groups is 1. The van der Waals surface area contributed by atoms with E-state index < -0.39 is 0 Å². The summed E-state index contributed by atoms with van der Waals surface area (Å²) in [5.41, 5.74) is 3.40. The predicted octanol–water partition coefficient (Wildman–Crippen LogP) is 4.16. The Hall–Kier alpha value is -1.92. The number of aromatic nitrogens is 3. The number of hydrogen-bond donors (Lipinski definition) is 2. The molecule has 1 aromatic heterocycles. The molecule has 0 saturated carbocycles. The lowest BCUT2D eigenvalue weighted by Crippen LogP contribution is -2.31. The minimum absolute atomic E-state index is 0.0248. The molecule has 0 fully saturated rings. The van der Waals surface area contributed by atoms with Gasteiger partial charge in [0.2, 0.25) is 0 Å². The number of aliphatic hydroxyl groups excluding tert-OH is 1. The molecule has 1 atom stereocenters. The van der Waals surface area contributed by atoms with Crippen LogP contribution in [0, 0.1) is 0 Å². The first-order valence-electron chi connectivity index (χ1n) is 8.89. The number of hydrogen-bond acceptors (Lipinski definition) is 4. The Morgan fingerprint density at radius 1 is 1.04 bits per heavy atom. The fourth-order valence-corrected chi connectivity index (χ4v) is 3.31. The van der Waals surface area contributed by atoms with E-state index in [4.69, 9.17) is 23.2 Å². The van der Waals surface area contributed by atoms with Crippen LogP contribution in [0.15, 0.2) is 48.5 Å². The first-order chi connectivity index (χ1) is 13.1. The Labute approximate surface area is 168 Å². The van der Waals surface area contributed by atoms with Crippen molar-refractivity contribution in [3.8, 4) is 11.3 Å². The zero-order valence-electron chi connectivity index (χ0n) is 15.1. The summed E-state index contributed by atoms with van der Waals surface area (Å²) in [5.74, 6) is 0. The van der Waals surface area contributed by atoms with Gasteiger partial charge in [-0.3, -0.25) is 0 Å². The topological polar surface area (TPSA) is 63.0 Å². The number of rotatable bonds is 8. The third-order valence-corrected chi connectivity index (χ3v) is 5.11. The van der Waals surface area contributed by atoms with Crippen LogP contribution in [-0.4, -0.2) is 32.7 Å². The number of nitrogens with one attached hydrogen (secondary N) is 1. The average molecular weight is 405 g/mol. The Bertz CT molecular complexity index is 859. The number of nitrogens with zero attached hydrogens (tertiary/aromatic N) is 3. The van der Waals surface area contributed by atoms with E-state index in [2.05, 4.69) is 15.5 Å². The smallest absolute Gasteiger partial charge is 0.117 e. The molecule has 7 heteroatoms. The summed E-state index contributed by atoms with van der Waals surface area (Å²) in [4.78, 5) is 1.62. The highest BCUT2D eigenvalue weighted by molar-refractivity contribution is 6.35. The molecular formula is C20H22Cl2N4O. The number of halogens is 2. The number of benzene rings is 2. The van der Waals surface area contributed by atoms with Crippen LogP contribution in [0.2, 0.25) is 10.0 Å². The van der Waals surface area contributed by atoms with Crippen molar-refractivity contribution in [2.75, 3.05) is 6.61 Å². The maximum Gasteiger partial charge on any atom is 0.117 e. The van der Waals surface area contributed by atoms with Crippen molar-refractivity contribution < 1.29 is 5.11 Å². The van der Waals surface area contributed by atoms with Crippen LogP contribution in [0.1, 0.15) is 24.6 Å². The van der Waals surface area contributed by atoms with Gasteiger partial charge in [0.15, 0.2) is 0 Å². The van der Waals surface area contributed by atoms with Gasteiger partial charge < -0.3 is 10.4 Å². The van der Waals surface area contributed by atoms with Gasteiger partial charge in [0.05, 0.1) is 13.2 Å². The Kier molecular flexibility index (Phi) is 6.85. The van der Waals surface area contributed by atoms with Crippen molar-refractivity contribution in [1.29, 1.82) is 0 Å². The second-order valence-electron chi connectivity index (χ2n) is 6.26. The molecule has 3 aromatic rings. The molecule has 3 rings (SSSR count). The van der Waals surface area contributed by atoms with E-state index in [1.807, 2.05) is 43.3 Å². The van der Waals surface area contributed by atoms with Crippen molar-refractivity contribution in [3.05, 3.63) is 69.8 Å². The molecule has 0 aliphatic rings. The van der Waals surface area contributed by atoms with Crippen LogP contribution in [-0.2, 0) is 13.1 Å². The summed E-state index contributed by atoms with van der Waals surface area (Å²) in [7, 11) is 0. The van der Waals surface area contributed by atoms with E-state index in [9.17, 15) is 5.11 Å². The van der Waals surface area contributed by atoms with E-state index in [-0.39, 0.29) is 12.6 Å². The summed E-state index contributed by atoms with van der Waals surface area (Å²) in [6.07, 6.45) is 0.834. The minimum Gasteiger partial charge on any atom is -0.395 e. The second kappa shape index (κ2) is 9.33. The molecule has 0 unspecified atom stereocenters. The highest BCUT2D eigenvalue weighted by atomic mass is 35.5. The van der Waals surface area contributed by atoms with E-state index in [1.54, 1.807) is 16.9 Å². The van der Waals surface area contributed by atoms with Gasteiger partial charge in [-0.05, 0) is 18.6 Å². The van der Waals surface area contributed by atoms with E-state index in [0.717, 1.165) is 28.9 Å². The molecular weight excluding hydrogens is 383 g/mol. The molecule has 0 bridgehead atoms. The normalized spacial score (nSPS) is 12.3. The lowest BCUT2D eigenvalue weighted by molar-refractivity contribution is 0.238. The van der Waals surface area contributed by atoms with Crippen molar-refractivity contribution in [3.63, 3.8) is 0 Å². The summed E-state index contributed by atoms with van der Waals surface area (Å²) in [6.45, 7) is 3.01. The zero-order valence-corrected chi connectivity index (χ0v) is 16.6. The monoisotopic (exact) mass is 404 g/mol. The predicted molar refractivity (Wildman–Crippen MR) is 109 cm³/mol. The highest BCUT2D eigenvalue weighted by Gasteiger charge is 2.16. The van der Waals surface area contributed by atoms with E-state index in [0.29, 0.717) is 23.1 Å². The lowest BCUT2D eigenvalue weighted by Gasteiger charge is -2.12. The van der Waals surface area contributed by atoms with Crippen molar-refractivity contribution in [2.45, 2.75) is 32.5 Å². The van der Waals surface area contributed by atoms with E-state index in [1.165, 1.54) is 0 Å². The van der Waals surface area contributed by atoms with Crippen LogP contribution in [0.3, 0.4) is 0 Å². The maximum atomic E-state index is 9.42. The van der Waals surface area contributed by atoms with Gasteiger partial charge in [0.25, 0.3) is 0 Å². The fourth-order valence-electron chi connectivity index (χ4n) is 2.80. The molecule has 5 nitrogen and oxygen atoms in total. The molecule has 0 saturated heterocycles. The minimum atomic E-state index is 0.0248. The van der Waals surface area contributed by atoms with Crippen LogP contribution in [0.4, 0.5) is 0 Å². The summed E-state index contributed by atoms with van der Waals surface area (Å²) >= 11 is 12.6. The first-order valence-corrected chi connectivity index (χ1v) is 9.64. The zero-order chi connectivity index (χ0) is 19.2. The van der Waals surface area contributed by atoms with Gasteiger partial charge in [0.1, 0.15) is 11.4 Å².